The van der Waals surface area contributed by atoms with Gasteiger partial charge in [0.1, 0.15) is 12.6 Å². The highest BCUT2D eigenvalue weighted by Crippen LogP contribution is 2.13. The molecule has 8 nitrogen and oxygen atoms in total. The zero-order chi connectivity index (χ0) is 46.3. The molecule has 0 rings (SSSR count). The van der Waals surface area contributed by atoms with Crippen LogP contribution in [0.1, 0.15) is 194 Å². The van der Waals surface area contributed by atoms with E-state index in [1.807, 2.05) is 0 Å². The lowest BCUT2D eigenvalue weighted by Gasteiger charge is -2.34. The summed E-state index contributed by atoms with van der Waals surface area (Å²) in [6, 6.07) is -0.742. The lowest BCUT2D eigenvalue weighted by molar-refractivity contribution is -0.889. The molecule has 0 aliphatic carbocycles. The Kier molecular flexibility index (Phi) is 42.6. The SMILES string of the molecule is CC/C=C/C/C=C/C/C=C/C/C=C/C/C=C/CCCC(=O)OC(COCCC(C(=O)[O-])[N+](C)(C)C)COC(=O)CCCCCCCCC/C=C/C/C=C/CCCCCCCCCC. The van der Waals surface area contributed by atoms with Crippen LogP contribution in [0.15, 0.2) is 85.1 Å². The first kappa shape index (κ1) is 59.5. The minimum absolute atomic E-state index is 0.0109. The summed E-state index contributed by atoms with van der Waals surface area (Å²) in [6.45, 7) is 4.48. The number of carbonyl (C=O) groups is 3. The molecule has 2 atom stereocenters. The Morgan fingerprint density at radius 2 is 0.905 bits per heavy atom. The van der Waals surface area contributed by atoms with Gasteiger partial charge in [-0.05, 0) is 83.5 Å². The molecule has 0 aliphatic heterocycles. The van der Waals surface area contributed by atoms with E-state index in [1.165, 1.54) is 83.5 Å². The number of quaternary nitrogens is 1. The Balaban J connectivity index is 4.35. The van der Waals surface area contributed by atoms with Crippen LogP contribution >= 0.6 is 0 Å². The molecule has 0 bridgehead atoms. The molecule has 0 saturated heterocycles. The maximum absolute atomic E-state index is 12.7. The van der Waals surface area contributed by atoms with E-state index in [1.54, 1.807) is 21.1 Å². The van der Waals surface area contributed by atoms with Crippen molar-refractivity contribution in [1.29, 1.82) is 0 Å². The van der Waals surface area contributed by atoms with E-state index >= 15 is 0 Å². The fourth-order valence-electron chi connectivity index (χ4n) is 6.90. The molecule has 0 amide bonds. The molecule has 0 N–H and O–H groups in total. The zero-order valence-corrected chi connectivity index (χ0v) is 41.0. The summed E-state index contributed by atoms with van der Waals surface area (Å²) in [5.74, 6) is -1.83. The van der Waals surface area contributed by atoms with Gasteiger partial charge >= 0.3 is 11.9 Å². The van der Waals surface area contributed by atoms with Crippen molar-refractivity contribution >= 4 is 17.9 Å². The number of hydrogen-bond acceptors (Lipinski definition) is 7. The van der Waals surface area contributed by atoms with Gasteiger partial charge < -0.3 is 28.6 Å². The number of aliphatic carboxylic acids is 1. The maximum Gasteiger partial charge on any atom is 0.306 e. The van der Waals surface area contributed by atoms with Crippen LogP contribution in [-0.4, -0.2) is 75.5 Å². The van der Waals surface area contributed by atoms with E-state index in [0.29, 0.717) is 12.8 Å². The number of rotatable bonds is 44. The molecule has 63 heavy (non-hydrogen) atoms. The van der Waals surface area contributed by atoms with Crippen molar-refractivity contribution in [1.82, 2.24) is 0 Å². The Hall–Kier alpha value is -3.49. The average molecular weight is 880 g/mol. The van der Waals surface area contributed by atoms with E-state index in [0.717, 1.165) is 70.6 Å². The summed E-state index contributed by atoms with van der Waals surface area (Å²) in [5, 5.41) is 11.7. The summed E-state index contributed by atoms with van der Waals surface area (Å²) < 4.78 is 17.1. The van der Waals surface area contributed by atoms with Gasteiger partial charge in [-0.25, -0.2) is 0 Å². The minimum atomic E-state index is -1.14. The molecule has 2 unspecified atom stereocenters. The Morgan fingerprint density at radius 3 is 1.37 bits per heavy atom. The van der Waals surface area contributed by atoms with Gasteiger partial charge in [-0.3, -0.25) is 9.59 Å². The highest BCUT2D eigenvalue weighted by atomic mass is 16.6. The lowest BCUT2D eigenvalue weighted by Crippen LogP contribution is -2.55. The second kappa shape index (κ2) is 45.1. The molecule has 0 fully saturated rings. The fraction of sp³-hybridized carbons (Fsp3) is 0.691. The van der Waals surface area contributed by atoms with Gasteiger partial charge in [0.15, 0.2) is 6.10 Å². The predicted octanol–water partition coefficient (Wildman–Crippen LogP) is 13.1. The smallest absolute Gasteiger partial charge is 0.306 e. The first-order valence-corrected chi connectivity index (χ1v) is 25.1. The van der Waals surface area contributed by atoms with Gasteiger partial charge in [0, 0.05) is 19.3 Å². The highest BCUT2D eigenvalue weighted by Gasteiger charge is 2.25. The highest BCUT2D eigenvalue weighted by molar-refractivity contribution is 5.70. The minimum Gasteiger partial charge on any atom is -0.544 e. The molecule has 0 radical (unpaired) electrons. The van der Waals surface area contributed by atoms with Crippen molar-refractivity contribution in [2.24, 2.45) is 0 Å². The third-order valence-corrected chi connectivity index (χ3v) is 10.8. The third kappa shape index (κ3) is 43.5. The number of carboxylic acids is 1. The Morgan fingerprint density at radius 1 is 0.492 bits per heavy atom. The van der Waals surface area contributed by atoms with Crippen molar-refractivity contribution in [3.63, 3.8) is 0 Å². The van der Waals surface area contributed by atoms with Crippen LogP contribution < -0.4 is 5.11 Å². The van der Waals surface area contributed by atoms with Crippen LogP contribution in [0, 0.1) is 0 Å². The van der Waals surface area contributed by atoms with E-state index < -0.39 is 18.1 Å². The van der Waals surface area contributed by atoms with Crippen molar-refractivity contribution in [2.75, 3.05) is 41.0 Å². The molecule has 0 saturated carbocycles. The third-order valence-electron chi connectivity index (χ3n) is 10.8. The normalized spacial score (nSPS) is 13.6. The van der Waals surface area contributed by atoms with E-state index in [2.05, 4.69) is 98.9 Å². The second-order valence-corrected chi connectivity index (χ2v) is 17.7. The molecule has 360 valence electrons. The number of ether oxygens (including phenoxy) is 3. The molecule has 0 aromatic heterocycles. The van der Waals surface area contributed by atoms with Crippen LogP contribution in [0.2, 0.25) is 0 Å². The molecule has 8 heteroatoms. The zero-order valence-electron chi connectivity index (χ0n) is 41.0. The summed E-state index contributed by atoms with van der Waals surface area (Å²) in [5.41, 5.74) is 0. The number of nitrogens with zero attached hydrogens (tertiary/aromatic N) is 1. The molecular weight excluding hydrogens is 787 g/mol. The number of allylic oxidation sites excluding steroid dienone is 14. The van der Waals surface area contributed by atoms with Crippen LogP contribution in [0.4, 0.5) is 0 Å². The van der Waals surface area contributed by atoms with Crippen molar-refractivity contribution < 1.29 is 38.2 Å². The quantitative estimate of drug-likeness (QED) is 0.0260. The summed E-state index contributed by atoms with van der Waals surface area (Å²) in [7, 11) is 5.38. The summed E-state index contributed by atoms with van der Waals surface area (Å²) >= 11 is 0. The number of hydrogen-bond donors (Lipinski definition) is 0. The van der Waals surface area contributed by atoms with Crippen LogP contribution in [0.25, 0.3) is 0 Å². The van der Waals surface area contributed by atoms with Crippen LogP contribution in [-0.2, 0) is 28.6 Å². The molecule has 0 aromatic carbocycles. The van der Waals surface area contributed by atoms with Crippen LogP contribution in [0.5, 0.6) is 0 Å². The summed E-state index contributed by atoms with van der Waals surface area (Å²) in [6.07, 6.45) is 59.1. The first-order valence-electron chi connectivity index (χ1n) is 25.1. The number of unbranched alkanes of at least 4 members (excludes halogenated alkanes) is 16. The monoisotopic (exact) mass is 880 g/mol. The van der Waals surface area contributed by atoms with E-state index in [-0.39, 0.29) is 49.1 Å². The molecule has 0 spiro atoms. The van der Waals surface area contributed by atoms with Crippen molar-refractivity contribution in [3.05, 3.63) is 85.1 Å². The molecule has 0 heterocycles. The first-order chi connectivity index (χ1) is 30.6. The van der Waals surface area contributed by atoms with Gasteiger partial charge in [-0.2, -0.15) is 0 Å². The van der Waals surface area contributed by atoms with Gasteiger partial charge in [0.25, 0.3) is 0 Å². The number of carboxylic acid groups (broad SMARTS) is 1. The Labute approximate surface area is 386 Å². The predicted molar refractivity (Wildman–Crippen MR) is 263 cm³/mol. The molecule has 0 aromatic rings. The lowest BCUT2D eigenvalue weighted by atomic mass is 10.1. The Bertz CT molecular complexity index is 1300. The van der Waals surface area contributed by atoms with Gasteiger partial charge in [-0.15, -0.1) is 0 Å². The van der Waals surface area contributed by atoms with Crippen molar-refractivity contribution in [3.8, 4) is 0 Å². The molecule has 0 aliphatic rings. The van der Waals surface area contributed by atoms with Crippen molar-refractivity contribution in [2.45, 2.75) is 206 Å². The maximum atomic E-state index is 12.7. The van der Waals surface area contributed by atoms with E-state index in [4.69, 9.17) is 14.2 Å². The van der Waals surface area contributed by atoms with Gasteiger partial charge in [0.2, 0.25) is 0 Å². The second-order valence-electron chi connectivity index (χ2n) is 17.7. The largest absolute Gasteiger partial charge is 0.544 e. The van der Waals surface area contributed by atoms with Gasteiger partial charge in [0.05, 0.1) is 40.3 Å². The molecular formula is C55H93NO7. The van der Waals surface area contributed by atoms with E-state index in [9.17, 15) is 19.5 Å². The standard InChI is InChI=1S/C55H93NO7/c1-6-8-10-12-14-16-18-20-22-24-25-26-27-28-30-31-33-35-37-39-41-43-45-53(57)62-50-51(49-61-48-47-52(55(59)60)56(3,4)5)63-54(58)46-44-42-40-38-36-34-32-29-23-21-19-17-15-13-11-9-7-2/h9,11,15,17,21,23-25,27-28,32,34,38,40,51-52H,6-8,10,12-14,16,18-20,22,26,29-31,33,35-37,39,41-50H2,1-5H3/b11-9+,17-15+,23-21+,25-24+,28-27+,34-32+,40-38+. The number of likely N-dealkylation sites (N-methyl/N-ethyl adjacent to an activating group) is 1. The fourth-order valence-corrected chi connectivity index (χ4v) is 6.90. The van der Waals surface area contributed by atoms with Gasteiger partial charge in [-0.1, -0.05) is 176 Å². The number of carbonyl (C=O) groups excluding carboxylic acids is 3. The topological polar surface area (TPSA) is 102 Å². The number of esters is 2. The summed E-state index contributed by atoms with van der Waals surface area (Å²) in [4.78, 5) is 37.0. The van der Waals surface area contributed by atoms with Crippen LogP contribution in [0.3, 0.4) is 0 Å². The average Bonchev–Trinajstić information content (AvgIpc) is 3.24.